The van der Waals surface area contributed by atoms with E-state index in [0.29, 0.717) is 0 Å². The highest BCUT2D eigenvalue weighted by atomic mass is 19.4. The maximum absolute atomic E-state index is 12.6. The van der Waals surface area contributed by atoms with Crippen molar-refractivity contribution in [3.05, 3.63) is 47.5 Å². The average Bonchev–Trinajstić information content (AvgIpc) is 2.02. The van der Waals surface area contributed by atoms with Crippen LogP contribution in [-0.4, -0.2) is 0 Å². The Morgan fingerprint density at radius 1 is 1.36 bits per heavy atom. The van der Waals surface area contributed by atoms with Gasteiger partial charge in [0.1, 0.15) is 0 Å². The number of halogens is 3. The fourth-order valence-corrected chi connectivity index (χ4v) is 1.46. The van der Waals surface area contributed by atoms with Gasteiger partial charge in [0.15, 0.2) is 0 Å². The zero-order valence-corrected chi connectivity index (χ0v) is 7.86. The standard InChI is InChI=1S/C11H11F3/c1-3-5-9-7-4-6-8(2)10(9)11(12,13)14/h3-4,6-7H,1,5H2,2H3. The Hall–Kier alpha value is -1.25. The molecule has 0 radical (unpaired) electrons. The van der Waals surface area contributed by atoms with Crippen LogP contribution in [0.3, 0.4) is 0 Å². The van der Waals surface area contributed by atoms with Gasteiger partial charge < -0.3 is 0 Å². The van der Waals surface area contributed by atoms with Crippen LogP contribution in [-0.2, 0) is 12.6 Å². The molecular formula is C11H11F3. The second kappa shape index (κ2) is 3.86. The fourth-order valence-electron chi connectivity index (χ4n) is 1.46. The summed E-state index contributed by atoms with van der Waals surface area (Å²) in [6, 6.07) is 4.58. The Bertz CT molecular complexity index is 337. The molecule has 0 saturated carbocycles. The molecule has 1 aromatic rings. The molecule has 1 rings (SSSR count). The van der Waals surface area contributed by atoms with Crippen molar-refractivity contribution in [2.24, 2.45) is 0 Å². The van der Waals surface area contributed by atoms with Crippen molar-refractivity contribution in [1.82, 2.24) is 0 Å². The van der Waals surface area contributed by atoms with Crippen molar-refractivity contribution < 1.29 is 13.2 Å². The van der Waals surface area contributed by atoms with E-state index in [1.54, 1.807) is 6.07 Å². The molecule has 0 aliphatic carbocycles. The van der Waals surface area contributed by atoms with Gasteiger partial charge in [-0.05, 0) is 24.5 Å². The normalized spacial score (nSPS) is 11.4. The number of alkyl halides is 3. The van der Waals surface area contributed by atoms with Crippen LogP contribution in [0.2, 0.25) is 0 Å². The highest BCUT2D eigenvalue weighted by Crippen LogP contribution is 2.34. The molecule has 0 nitrogen and oxygen atoms in total. The Kier molecular flexibility index (Phi) is 2.99. The summed E-state index contributed by atoms with van der Waals surface area (Å²) in [6.07, 6.45) is -2.55. The monoisotopic (exact) mass is 200 g/mol. The van der Waals surface area contributed by atoms with Gasteiger partial charge in [0, 0.05) is 0 Å². The van der Waals surface area contributed by atoms with Gasteiger partial charge in [-0.1, -0.05) is 24.3 Å². The first kappa shape index (κ1) is 10.8. The van der Waals surface area contributed by atoms with Crippen LogP contribution in [0.5, 0.6) is 0 Å². The van der Waals surface area contributed by atoms with E-state index in [4.69, 9.17) is 0 Å². The number of rotatable bonds is 2. The Balaban J connectivity index is 3.29. The summed E-state index contributed by atoms with van der Waals surface area (Å²) in [7, 11) is 0. The predicted molar refractivity (Wildman–Crippen MR) is 50.1 cm³/mol. The van der Waals surface area contributed by atoms with Gasteiger partial charge in [0.2, 0.25) is 0 Å². The summed E-state index contributed by atoms with van der Waals surface area (Å²) < 4.78 is 37.8. The van der Waals surface area contributed by atoms with Gasteiger partial charge in [-0.2, -0.15) is 13.2 Å². The van der Waals surface area contributed by atoms with Crippen molar-refractivity contribution in [2.75, 3.05) is 0 Å². The van der Waals surface area contributed by atoms with Gasteiger partial charge in [-0.15, -0.1) is 6.58 Å². The summed E-state index contributed by atoms with van der Waals surface area (Å²) in [5, 5.41) is 0. The molecule has 1 aromatic carbocycles. The zero-order valence-electron chi connectivity index (χ0n) is 7.86. The van der Waals surface area contributed by atoms with Crippen molar-refractivity contribution in [3.8, 4) is 0 Å². The van der Waals surface area contributed by atoms with Crippen molar-refractivity contribution >= 4 is 0 Å². The molecule has 0 atom stereocenters. The van der Waals surface area contributed by atoms with E-state index in [0.717, 1.165) is 0 Å². The van der Waals surface area contributed by atoms with E-state index in [-0.39, 0.29) is 17.5 Å². The summed E-state index contributed by atoms with van der Waals surface area (Å²) in [5.74, 6) is 0. The summed E-state index contributed by atoms with van der Waals surface area (Å²) in [5.41, 5.74) is 0.0178. The van der Waals surface area contributed by atoms with Crippen LogP contribution in [0.25, 0.3) is 0 Å². The smallest absolute Gasteiger partial charge is 0.166 e. The molecule has 0 fully saturated rings. The van der Waals surface area contributed by atoms with E-state index in [9.17, 15) is 13.2 Å². The Labute approximate surface area is 81.1 Å². The molecule has 0 saturated heterocycles. The maximum atomic E-state index is 12.6. The van der Waals surface area contributed by atoms with Crippen LogP contribution in [0, 0.1) is 6.92 Å². The lowest BCUT2D eigenvalue weighted by molar-refractivity contribution is -0.138. The van der Waals surface area contributed by atoms with Crippen molar-refractivity contribution in [3.63, 3.8) is 0 Å². The molecule has 0 heterocycles. The second-order valence-corrected chi connectivity index (χ2v) is 3.10. The number of benzene rings is 1. The molecule has 0 amide bonds. The third-order valence-corrected chi connectivity index (χ3v) is 2.01. The van der Waals surface area contributed by atoms with Gasteiger partial charge in [-0.25, -0.2) is 0 Å². The molecule has 0 spiro atoms. The number of aryl methyl sites for hydroxylation is 1. The quantitative estimate of drug-likeness (QED) is 0.638. The third-order valence-electron chi connectivity index (χ3n) is 2.01. The number of allylic oxidation sites excluding steroid dienone is 1. The molecule has 0 unspecified atom stereocenters. The van der Waals surface area contributed by atoms with Crippen molar-refractivity contribution in [1.29, 1.82) is 0 Å². The first-order chi connectivity index (χ1) is 6.46. The van der Waals surface area contributed by atoms with E-state index < -0.39 is 11.7 Å². The minimum atomic E-state index is -4.27. The molecule has 14 heavy (non-hydrogen) atoms. The van der Waals surface area contributed by atoms with Gasteiger partial charge in [-0.3, -0.25) is 0 Å². The van der Waals surface area contributed by atoms with Crippen LogP contribution < -0.4 is 0 Å². The lowest BCUT2D eigenvalue weighted by Gasteiger charge is -2.14. The molecular weight excluding hydrogens is 189 g/mol. The zero-order chi connectivity index (χ0) is 10.8. The largest absolute Gasteiger partial charge is 0.416 e. The van der Waals surface area contributed by atoms with E-state index >= 15 is 0 Å². The molecule has 76 valence electrons. The van der Waals surface area contributed by atoms with Gasteiger partial charge >= 0.3 is 6.18 Å². The SMILES string of the molecule is C=CCc1cccc(C)c1C(F)(F)F. The molecule has 0 aliphatic heterocycles. The maximum Gasteiger partial charge on any atom is 0.416 e. The Morgan fingerprint density at radius 3 is 2.50 bits per heavy atom. The van der Waals surface area contributed by atoms with E-state index in [1.807, 2.05) is 0 Å². The van der Waals surface area contributed by atoms with Crippen LogP contribution in [0.4, 0.5) is 13.2 Å². The lowest BCUT2D eigenvalue weighted by Crippen LogP contribution is -2.11. The minimum Gasteiger partial charge on any atom is -0.166 e. The molecule has 0 aliphatic rings. The van der Waals surface area contributed by atoms with E-state index in [2.05, 4.69) is 6.58 Å². The van der Waals surface area contributed by atoms with Crippen molar-refractivity contribution in [2.45, 2.75) is 19.5 Å². The molecule has 0 aromatic heterocycles. The van der Waals surface area contributed by atoms with E-state index in [1.165, 1.54) is 25.1 Å². The average molecular weight is 200 g/mol. The van der Waals surface area contributed by atoms with Crippen LogP contribution >= 0.6 is 0 Å². The first-order valence-corrected chi connectivity index (χ1v) is 4.23. The third kappa shape index (κ3) is 2.16. The summed E-state index contributed by atoms with van der Waals surface area (Å²) in [4.78, 5) is 0. The predicted octanol–water partition coefficient (Wildman–Crippen LogP) is 3.74. The molecule has 0 bridgehead atoms. The number of hydrogen-bond donors (Lipinski definition) is 0. The second-order valence-electron chi connectivity index (χ2n) is 3.10. The fraction of sp³-hybridized carbons (Fsp3) is 0.273. The lowest BCUT2D eigenvalue weighted by atomic mass is 9.99. The van der Waals surface area contributed by atoms with Gasteiger partial charge in [0.25, 0.3) is 0 Å². The highest BCUT2D eigenvalue weighted by molar-refractivity contribution is 5.37. The molecule has 0 N–H and O–H groups in total. The Morgan fingerprint density at radius 2 is 2.00 bits per heavy atom. The highest BCUT2D eigenvalue weighted by Gasteiger charge is 2.34. The van der Waals surface area contributed by atoms with Crippen LogP contribution in [0.15, 0.2) is 30.9 Å². The summed E-state index contributed by atoms with van der Waals surface area (Å²) >= 11 is 0. The summed E-state index contributed by atoms with van der Waals surface area (Å²) in [6.45, 7) is 4.91. The number of hydrogen-bond acceptors (Lipinski definition) is 0. The van der Waals surface area contributed by atoms with Gasteiger partial charge in [0.05, 0.1) is 5.56 Å². The first-order valence-electron chi connectivity index (χ1n) is 4.23. The molecule has 3 heteroatoms. The topological polar surface area (TPSA) is 0 Å². The van der Waals surface area contributed by atoms with Crippen LogP contribution in [0.1, 0.15) is 16.7 Å². The minimum absolute atomic E-state index is 0.247.